The summed E-state index contributed by atoms with van der Waals surface area (Å²) in [6, 6.07) is 22.9. The van der Waals surface area contributed by atoms with Gasteiger partial charge in [-0.05, 0) is 47.7 Å². The molecule has 0 spiro atoms. The van der Waals surface area contributed by atoms with Gasteiger partial charge in [-0.1, -0.05) is 60.7 Å². The number of amides is 2. The third kappa shape index (κ3) is 5.65. The maximum atomic E-state index is 14.0. The molecule has 0 fully saturated rings. The summed E-state index contributed by atoms with van der Waals surface area (Å²) >= 11 is 0. The van der Waals surface area contributed by atoms with Crippen molar-refractivity contribution in [2.45, 2.75) is 37.9 Å². The molecule has 0 saturated carbocycles. The summed E-state index contributed by atoms with van der Waals surface area (Å²) < 4.78 is 14.0. The summed E-state index contributed by atoms with van der Waals surface area (Å²) in [4.78, 5) is 27.6. The molecule has 3 aromatic rings. The number of benzene rings is 3. The molecule has 1 aliphatic rings. The third-order valence-corrected chi connectivity index (χ3v) is 6.09. The molecule has 170 valence electrons. The van der Waals surface area contributed by atoms with Crippen molar-refractivity contribution in [2.24, 2.45) is 5.73 Å². The van der Waals surface area contributed by atoms with Crippen LogP contribution < -0.4 is 11.1 Å². The molecule has 2 amide bonds. The highest BCUT2D eigenvalue weighted by molar-refractivity contribution is 5.94. The summed E-state index contributed by atoms with van der Waals surface area (Å²) in [5, 5.41) is 2.97. The molecule has 0 aromatic heterocycles. The van der Waals surface area contributed by atoms with Crippen LogP contribution in [0.4, 0.5) is 4.39 Å². The van der Waals surface area contributed by atoms with Crippen LogP contribution in [0, 0.1) is 5.82 Å². The average Bonchev–Trinajstić information content (AvgIpc) is 2.83. The Kier molecular flexibility index (Phi) is 7.15. The molecule has 0 unspecified atom stereocenters. The van der Waals surface area contributed by atoms with Gasteiger partial charge in [0, 0.05) is 31.1 Å². The molecule has 4 rings (SSSR count). The lowest BCUT2D eigenvalue weighted by atomic mass is 9.93. The SMILES string of the molecule is N[C@@H](CC(=O)N1Cc2ccccc2C[C@H]1CNC(=O)c1ccccc1)Cc1ccccc1F. The molecule has 0 radical (unpaired) electrons. The molecular weight excluding hydrogens is 417 g/mol. The molecule has 3 aromatic carbocycles. The Hall–Kier alpha value is -3.51. The van der Waals surface area contributed by atoms with Gasteiger partial charge in [-0.2, -0.15) is 0 Å². The van der Waals surface area contributed by atoms with E-state index in [1.807, 2.05) is 36.4 Å². The standard InChI is InChI=1S/C27H28FN3O2/c28-25-13-7-6-11-21(25)14-23(29)16-26(32)31-18-22-12-5-4-10-20(22)15-24(31)17-30-27(33)19-8-2-1-3-9-19/h1-13,23-24H,14-18,29H2,(H,30,33)/t23-,24+/m1/s1. The first-order valence-electron chi connectivity index (χ1n) is 11.2. The fourth-order valence-corrected chi connectivity index (χ4v) is 4.32. The van der Waals surface area contributed by atoms with Crippen LogP contribution in [0.25, 0.3) is 0 Å². The summed E-state index contributed by atoms with van der Waals surface area (Å²) in [7, 11) is 0. The highest BCUT2D eigenvalue weighted by Crippen LogP contribution is 2.24. The highest BCUT2D eigenvalue weighted by atomic mass is 19.1. The quantitative estimate of drug-likeness (QED) is 0.585. The predicted octanol–water partition coefficient (Wildman–Crippen LogP) is 3.47. The van der Waals surface area contributed by atoms with E-state index in [4.69, 9.17) is 5.73 Å². The van der Waals surface area contributed by atoms with Crippen LogP contribution in [-0.2, 0) is 24.2 Å². The molecule has 1 aliphatic heterocycles. The number of nitrogens with zero attached hydrogens (tertiary/aromatic N) is 1. The predicted molar refractivity (Wildman–Crippen MR) is 126 cm³/mol. The first kappa shape index (κ1) is 22.7. The van der Waals surface area contributed by atoms with Crippen molar-refractivity contribution in [3.63, 3.8) is 0 Å². The van der Waals surface area contributed by atoms with E-state index in [2.05, 4.69) is 11.4 Å². The zero-order valence-electron chi connectivity index (χ0n) is 18.4. The second-order valence-electron chi connectivity index (χ2n) is 8.48. The maximum absolute atomic E-state index is 14.0. The van der Waals surface area contributed by atoms with Gasteiger partial charge in [0.15, 0.2) is 0 Å². The molecule has 5 nitrogen and oxygen atoms in total. The van der Waals surface area contributed by atoms with E-state index in [0.717, 1.165) is 5.56 Å². The van der Waals surface area contributed by atoms with Crippen LogP contribution in [0.15, 0.2) is 78.9 Å². The summed E-state index contributed by atoms with van der Waals surface area (Å²) in [5.41, 5.74) is 9.60. The third-order valence-electron chi connectivity index (χ3n) is 6.09. The van der Waals surface area contributed by atoms with Gasteiger partial charge in [0.1, 0.15) is 5.82 Å². The Morgan fingerprint density at radius 3 is 2.39 bits per heavy atom. The number of halogens is 1. The van der Waals surface area contributed by atoms with Gasteiger partial charge in [0.2, 0.25) is 5.91 Å². The lowest BCUT2D eigenvalue weighted by Crippen LogP contribution is -2.51. The van der Waals surface area contributed by atoms with Crippen molar-refractivity contribution in [1.82, 2.24) is 10.2 Å². The number of hydrogen-bond acceptors (Lipinski definition) is 3. The summed E-state index contributed by atoms with van der Waals surface area (Å²) in [6.07, 6.45) is 1.05. The van der Waals surface area contributed by atoms with Gasteiger partial charge in [0.05, 0.1) is 6.04 Å². The van der Waals surface area contributed by atoms with Crippen molar-refractivity contribution in [3.8, 4) is 0 Å². The van der Waals surface area contributed by atoms with Crippen molar-refractivity contribution in [2.75, 3.05) is 6.54 Å². The number of rotatable bonds is 7. The zero-order valence-corrected chi connectivity index (χ0v) is 18.4. The van der Waals surface area contributed by atoms with Crippen molar-refractivity contribution < 1.29 is 14.0 Å². The molecule has 3 N–H and O–H groups in total. The number of nitrogens with two attached hydrogens (primary N) is 1. The average molecular weight is 446 g/mol. The van der Waals surface area contributed by atoms with Crippen molar-refractivity contribution >= 4 is 11.8 Å². The summed E-state index contributed by atoms with van der Waals surface area (Å²) in [6.45, 7) is 0.809. The van der Waals surface area contributed by atoms with Gasteiger partial charge >= 0.3 is 0 Å². The Morgan fingerprint density at radius 2 is 1.64 bits per heavy atom. The molecule has 1 heterocycles. The maximum Gasteiger partial charge on any atom is 0.251 e. The summed E-state index contributed by atoms with van der Waals surface area (Å²) in [5.74, 6) is -0.570. The fraction of sp³-hybridized carbons (Fsp3) is 0.259. The second kappa shape index (κ2) is 10.4. The Bertz CT molecular complexity index is 1120. The van der Waals surface area contributed by atoms with Crippen molar-refractivity contribution in [1.29, 1.82) is 0 Å². The van der Waals surface area contributed by atoms with E-state index in [1.54, 1.807) is 35.2 Å². The van der Waals surface area contributed by atoms with Gasteiger partial charge in [-0.3, -0.25) is 9.59 Å². The number of nitrogens with one attached hydrogen (secondary N) is 1. The monoisotopic (exact) mass is 445 g/mol. The molecule has 33 heavy (non-hydrogen) atoms. The van der Waals surface area contributed by atoms with Crippen LogP contribution >= 0.6 is 0 Å². The van der Waals surface area contributed by atoms with Gasteiger partial charge < -0.3 is 16.0 Å². The largest absolute Gasteiger partial charge is 0.350 e. The fourth-order valence-electron chi connectivity index (χ4n) is 4.32. The number of fused-ring (bicyclic) bond motifs is 1. The van der Waals surface area contributed by atoms with Crippen LogP contribution in [0.5, 0.6) is 0 Å². The first-order valence-corrected chi connectivity index (χ1v) is 11.2. The molecule has 0 aliphatic carbocycles. The molecule has 0 saturated heterocycles. The second-order valence-corrected chi connectivity index (χ2v) is 8.48. The van der Waals surface area contributed by atoms with E-state index in [0.29, 0.717) is 30.6 Å². The Labute approximate surface area is 193 Å². The van der Waals surface area contributed by atoms with Crippen molar-refractivity contribution in [3.05, 3.63) is 107 Å². The Morgan fingerprint density at radius 1 is 0.970 bits per heavy atom. The van der Waals surface area contributed by atoms with Crippen LogP contribution in [-0.4, -0.2) is 35.3 Å². The number of carbonyl (C=O) groups excluding carboxylic acids is 2. The first-order chi connectivity index (χ1) is 16.0. The van der Waals surface area contributed by atoms with Crippen LogP contribution in [0.3, 0.4) is 0 Å². The van der Waals surface area contributed by atoms with E-state index < -0.39 is 6.04 Å². The minimum Gasteiger partial charge on any atom is -0.350 e. The molecule has 0 bridgehead atoms. The number of hydrogen-bond donors (Lipinski definition) is 2. The smallest absolute Gasteiger partial charge is 0.251 e. The van der Waals surface area contributed by atoms with E-state index >= 15 is 0 Å². The van der Waals surface area contributed by atoms with E-state index in [1.165, 1.54) is 11.6 Å². The Balaban J connectivity index is 1.45. The minimum atomic E-state index is -0.494. The number of carbonyl (C=O) groups is 2. The van der Waals surface area contributed by atoms with E-state index in [9.17, 15) is 14.0 Å². The zero-order chi connectivity index (χ0) is 23.2. The van der Waals surface area contributed by atoms with Gasteiger partial charge in [0.25, 0.3) is 5.91 Å². The van der Waals surface area contributed by atoms with Gasteiger partial charge in [-0.25, -0.2) is 4.39 Å². The van der Waals surface area contributed by atoms with E-state index in [-0.39, 0.29) is 36.5 Å². The highest BCUT2D eigenvalue weighted by Gasteiger charge is 2.30. The topological polar surface area (TPSA) is 75.4 Å². The lowest BCUT2D eigenvalue weighted by molar-refractivity contribution is -0.135. The molecular formula is C27H28FN3O2. The minimum absolute atomic E-state index is 0.0905. The van der Waals surface area contributed by atoms with Gasteiger partial charge in [-0.15, -0.1) is 0 Å². The lowest BCUT2D eigenvalue weighted by Gasteiger charge is -2.37. The normalized spacial score (nSPS) is 16.1. The van der Waals surface area contributed by atoms with Crippen LogP contribution in [0.1, 0.15) is 33.5 Å². The van der Waals surface area contributed by atoms with Crippen LogP contribution in [0.2, 0.25) is 0 Å². The molecule has 2 atom stereocenters. The molecule has 6 heteroatoms.